The lowest BCUT2D eigenvalue weighted by Crippen LogP contribution is -2.32. The lowest BCUT2D eigenvalue weighted by Gasteiger charge is -2.21. The fourth-order valence-electron chi connectivity index (χ4n) is 4.54. The second kappa shape index (κ2) is 9.32. The van der Waals surface area contributed by atoms with E-state index in [4.69, 9.17) is 9.47 Å². The first kappa shape index (κ1) is 21.0. The van der Waals surface area contributed by atoms with Gasteiger partial charge in [-0.05, 0) is 69.6 Å². The Morgan fingerprint density at radius 3 is 2.91 bits per heavy atom. The molecule has 0 saturated heterocycles. The monoisotopic (exact) mass is 453 g/mol. The number of ether oxygens (including phenoxy) is 2. The highest BCUT2D eigenvalue weighted by Gasteiger charge is 2.30. The molecule has 168 valence electrons. The van der Waals surface area contributed by atoms with E-state index in [-0.39, 0.29) is 24.5 Å². The zero-order valence-corrected chi connectivity index (χ0v) is 18.8. The summed E-state index contributed by atoms with van der Waals surface area (Å²) < 4.78 is 10.7. The number of hydrogen-bond donors (Lipinski definition) is 2. The zero-order valence-electron chi connectivity index (χ0n) is 17.9. The number of amides is 2. The largest absolute Gasteiger partial charge is 0.454 e. The molecule has 32 heavy (non-hydrogen) atoms. The molecule has 1 aromatic carbocycles. The maximum Gasteiger partial charge on any atom is 0.257 e. The predicted molar refractivity (Wildman–Crippen MR) is 122 cm³/mol. The molecule has 2 amide bonds. The smallest absolute Gasteiger partial charge is 0.257 e. The third-order valence-electron chi connectivity index (χ3n) is 6.26. The minimum absolute atomic E-state index is 0.0429. The highest BCUT2D eigenvalue weighted by molar-refractivity contribution is 7.16. The predicted octanol–water partition coefficient (Wildman–Crippen LogP) is 4.55. The van der Waals surface area contributed by atoms with Crippen LogP contribution in [0.1, 0.15) is 71.8 Å². The molecule has 2 aliphatic carbocycles. The summed E-state index contributed by atoms with van der Waals surface area (Å²) in [5.74, 6) is 0.751. The molecule has 1 aromatic heterocycles. The van der Waals surface area contributed by atoms with Gasteiger partial charge in [0.05, 0.1) is 11.6 Å². The Morgan fingerprint density at radius 1 is 1.12 bits per heavy atom. The minimum Gasteiger partial charge on any atom is -0.454 e. The van der Waals surface area contributed by atoms with E-state index in [1.54, 1.807) is 18.2 Å². The summed E-state index contributed by atoms with van der Waals surface area (Å²) in [6, 6.07) is 5.10. The Bertz CT molecular complexity index is 1060. The first-order valence-electron chi connectivity index (χ1n) is 11.3. The van der Waals surface area contributed by atoms with E-state index < -0.39 is 0 Å². The third-order valence-corrected chi connectivity index (χ3v) is 7.30. The number of thiazole rings is 1. The molecule has 0 saturated carbocycles. The van der Waals surface area contributed by atoms with Crippen molar-refractivity contribution < 1.29 is 19.1 Å². The normalized spacial score (nSPS) is 19.1. The summed E-state index contributed by atoms with van der Waals surface area (Å²) in [7, 11) is 0. The van der Waals surface area contributed by atoms with Crippen molar-refractivity contribution in [2.75, 3.05) is 18.7 Å². The van der Waals surface area contributed by atoms with E-state index in [2.05, 4.69) is 21.7 Å². The van der Waals surface area contributed by atoms with E-state index in [1.165, 1.54) is 29.8 Å². The van der Waals surface area contributed by atoms with E-state index >= 15 is 0 Å². The standard InChI is InChI=1S/C24H27N3O4S/c28-22(16-9-10-18-19(13-16)31-14-30-18)27-24-26-21-17(7-4-8-20(21)32-24)23(29)25-12-11-15-5-2-1-3-6-15/h5,9-10,13,17H,1-4,6-8,11-12,14H2,(H,25,29)(H,26,27,28)/t17-/m0/s1. The van der Waals surface area contributed by atoms with Gasteiger partial charge in [0.15, 0.2) is 16.6 Å². The number of anilines is 1. The molecular formula is C24H27N3O4S. The number of fused-ring (bicyclic) bond motifs is 2. The van der Waals surface area contributed by atoms with Gasteiger partial charge < -0.3 is 14.8 Å². The first-order valence-corrected chi connectivity index (χ1v) is 12.2. The molecule has 2 aromatic rings. The van der Waals surface area contributed by atoms with Crippen LogP contribution in [0.5, 0.6) is 11.5 Å². The summed E-state index contributed by atoms with van der Waals surface area (Å²) in [6.07, 6.45) is 10.7. The zero-order chi connectivity index (χ0) is 21.9. The average molecular weight is 454 g/mol. The number of nitrogens with one attached hydrogen (secondary N) is 2. The van der Waals surface area contributed by atoms with Gasteiger partial charge in [0.2, 0.25) is 12.7 Å². The van der Waals surface area contributed by atoms with Crippen molar-refractivity contribution in [1.82, 2.24) is 10.3 Å². The van der Waals surface area contributed by atoms with Gasteiger partial charge in [-0.3, -0.25) is 14.9 Å². The minimum atomic E-state index is -0.254. The summed E-state index contributed by atoms with van der Waals surface area (Å²) in [4.78, 5) is 31.3. The van der Waals surface area contributed by atoms with Crippen molar-refractivity contribution >= 4 is 28.3 Å². The molecule has 0 radical (unpaired) electrons. The molecule has 1 aliphatic heterocycles. The number of carbonyl (C=O) groups excluding carboxylic acids is 2. The Hall–Kier alpha value is -2.87. The summed E-state index contributed by atoms with van der Waals surface area (Å²) in [6.45, 7) is 0.842. The van der Waals surface area contributed by atoms with Gasteiger partial charge in [0.25, 0.3) is 5.91 Å². The van der Waals surface area contributed by atoms with Crippen LogP contribution in [0.2, 0.25) is 0 Å². The van der Waals surface area contributed by atoms with Gasteiger partial charge in [0, 0.05) is 17.0 Å². The fourth-order valence-corrected chi connectivity index (χ4v) is 5.60. The maximum absolute atomic E-state index is 12.9. The number of aromatic nitrogens is 1. The van der Waals surface area contributed by atoms with Crippen LogP contribution in [0, 0.1) is 0 Å². The Kier molecular flexibility index (Phi) is 6.12. The summed E-state index contributed by atoms with van der Waals surface area (Å²) in [5, 5.41) is 6.53. The molecule has 2 N–H and O–H groups in total. The molecule has 2 heterocycles. The third kappa shape index (κ3) is 4.50. The molecule has 5 rings (SSSR count). The fraction of sp³-hybridized carbons (Fsp3) is 0.458. The molecule has 7 nitrogen and oxygen atoms in total. The van der Waals surface area contributed by atoms with Crippen molar-refractivity contribution in [2.24, 2.45) is 0 Å². The van der Waals surface area contributed by atoms with Crippen LogP contribution < -0.4 is 20.1 Å². The van der Waals surface area contributed by atoms with E-state index in [0.29, 0.717) is 28.7 Å². The number of benzene rings is 1. The second-order valence-electron chi connectivity index (χ2n) is 8.44. The van der Waals surface area contributed by atoms with E-state index in [1.807, 2.05) is 0 Å². The highest BCUT2D eigenvalue weighted by Crippen LogP contribution is 2.37. The number of allylic oxidation sites excluding steroid dienone is 1. The lowest BCUT2D eigenvalue weighted by atomic mass is 9.90. The number of nitrogens with zero attached hydrogens (tertiary/aromatic N) is 1. The molecule has 0 spiro atoms. The Balaban J connectivity index is 1.22. The van der Waals surface area contributed by atoms with E-state index in [0.717, 1.165) is 49.1 Å². The molecule has 0 fully saturated rings. The molecular weight excluding hydrogens is 426 g/mol. The number of carbonyl (C=O) groups is 2. The van der Waals surface area contributed by atoms with Crippen LogP contribution in [0.15, 0.2) is 29.8 Å². The van der Waals surface area contributed by atoms with E-state index in [9.17, 15) is 9.59 Å². The Morgan fingerprint density at radius 2 is 2.03 bits per heavy atom. The molecule has 8 heteroatoms. The van der Waals surface area contributed by atoms with Crippen molar-refractivity contribution in [3.05, 3.63) is 46.0 Å². The van der Waals surface area contributed by atoms with Crippen LogP contribution in [0.4, 0.5) is 5.13 Å². The molecule has 1 atom stereocenters. The molecule has 3 aliphatic rings. The van der Waals surface area contributed by atoms with Gasteiger partial charge in [-0.15, -0.1) is 11.3 Å². The highest BCUT2D eigenvalue weighted by atomic mass is 32.1. The van der Waals surface area contributed by atoms with Crippen molar-refractivity contribution in [3.63, 3.8) is 0 Å². The first-order chi connectivity index (χ1) is 15.7. The van der Waals surface area contributed by atoms with Crippen LogP contribution in [0.3, 0.4) is 0 Å². The maximum atomic E-state index is 12.9. The van der Waals surface area contributed by atoms with Gasteiger partial charge in [-0.1, -0.05) is 11.6 Å². The SMILES string of the molecule is O=C(Nc1nc2c(s1)CCC[C@@H]2C(=O)NCCC1=CCCCC1)c1ccc2c(c1)OCO2. The topological polar surface area (TPSA) is 89.6 Å². The Labute approximate surface area is 191 Å². The quantitative estimate of drug-likeness (QED) is 0.627. The van der Waals surface area contributed by atoms with Crippen LogP contribution in [0.25, 0.3) is 0 Å². The van der Waals surface area contributed by atoms with Crippen LogP contribution in [-0.2, 0) is 11.2 Å². The summed E-state index contributed by atoms with van der Waals surface area (Å²) >= 11 is 1.46. The van der Waals surface area contributed by atoms with Gasteiger partial charge in [0.1, 0.15) is 0 Å². The van der Waals surface area contributed by atoms with Gasteiger partial charge in [-0.25, -0.2) is 4.98 Å². The number of aryl methyl sites for hydroxylation is 1. The second-order valence-corrected chi connectivity index (χ2v) is 9.53. The summed E-state index contributed by atoms with van der Waals surface area (Å²) in [5.41, 5.74) is 2.76. The lowest BCUT2D eigenvalue weighted by molar-refractivity contribution is -0.122. The van der Waals surface area contributed by atoms with Crippen molar-refractivity contribution in [1.29, 1.82) is 0 Å². The number of rotatable bonds is 6. The molecule has 0 unspecified atom stereocenters. The van der Waals surface area contributed by atoms with Crippen molar-refractivity contribution in [2.45, 2.75) is 57.3 Å². The average Bonchev–Trinajstić information content (AvgIpc) is 3.45. The van der Waals surface area contributed by atoms with Crippen molar-refractivity contribution in [3.8, 4) is 11.5 Å². The van der Waals surface area contributed by atoms with Crippen LogP contribution in [-0.4, -0.2) is 30.1 Å². The van der Waals surface area contributed by atoms with Gasteiger partial charge >= 0.3 is 0 Å². The number of hydrogen-bond acceptors (Lipinski definition) is 6. The molecule has 0 bridgehead atoms. The van der Waals surface area contributed by atoms with Crippen LogP contribution >= 0.6 is 11.3 Å². The van der Waals surface area contributed by atoms with Gasteiger partial charge in [-0.2, -0.15) is 0 Å².